The molecule has 1 N–H and O–H groups in total. The molecule has 2 heterocycles. The van der Waals surface area contributed by atoms with Gasteiger partial charge >= 0.3 is 0 Å². The maximum Gasteiger partial charge on any atom is 0.270 e. The minimum absolute atomic E-state index is 0.215. The molecule has 2 aromatic rings. The number of rotatable bonds is 3. The molecule has 0 aliphatic carbocycles. The van der Waals surface area contributed by atoms with Crippen molar-refractivity contribution in [2.75, 3.05) is 12.0 Å². The summed E-state index contributed by atoms with van der Waals surface area (Å²) in [4.78, 5) is 31.8. The summed E-state index contributed by atoms with van der Waals surface area (Å²) in [6.07, 6.45) is -1.02. The number of hydrogen-bond donors (Lipinski definition) is 1. The predicted octanol–water partition coefficient (Wildman–Crippen LogP) is 2.02. The number of carbonyl (C=O) groups excluding carboxylic acids is 2. The van der Waals surface area contributed by atoms with Crippen LogP contribution in [0.5, 0.6) is 5.75 Å². The number of nitrogens with zero attached hydrogens (tertiary/aromatic N) is 1. The van der Waals surface area contributed by atoms with E-state index in [1.165, 1.54) is 31.4 Å². The Hall–Kier alpha value is -3.19. The fraction of sp³-hybridized carbons (Fsp3) is 0.111. The fourth-order valence-corrected chi connectivity index (χ4v) is 2.90. The number of benzene rings is 2. The number of halogens is 1. The molecule has 1 saturated heterocycles. The first-order valence-corrected chi connectivity index (χ1v) is 7.54. The van der Waals surface area contributed by atoms with Gasteiger partial charge in [-0.3, -0.25) is 19.9 Å². The molecule has 2 aliphatic rings. The SMILES string of the molecule is COc1ccc(N2C(=O)C3=C(c4ccc(F)cc4)NO[C@@H]3C2=O)cc1. The zero-order chi connectivity index (χ0) is 17.6. The third kappa shape index (κ3) is 2.36. The van der Waals surface area contributed by atoms with Gasteiger partial charge in [0.25, 0.3) is 11.8 Å². The smallest absolute Gasteiger partial charge is 0.270 e. The van der Waals surface area contributed by atoms with Crippen LogP contribution >= 0.6 is 0 Å². The number of amides is 2. The molecule has 2 amide bonds. The van der Waals surface area contributed by atoms with Crippen LogP contribution in [-0.4, -0.2) is 25.0 Å². The minimum atomic E-state index is -1.02. The molecular weight excluding hydrogens is 327 g/mol. The fourth-order valence-electron chi connectivity index (χ4n) is 2.90. The summed E-state index contributed by atoms with van der Waals surface area (Å²) in [5.74, 6) is -0.718. The molecule has 1 atom stereocenters. The molecule has 4 rings (SSSR count). The number of nitrogens with one attached hydrogen (secondary N) is 1. The van der Waals surface area contributed by atoms with Gasteiger partial charge in [0.1, 0.15) is 11.6 Å². The van der Waals surface area contributed by atoms with E-state index in [-0.39, 0.29) is 5.57 Å². The molecule has 0 radical (unpaired) electrons. The summed E-state index contributed by atoms with van der Waals surface area (Å²) in [5, 5.41) is 0. The Morgan fingerprint density at radius 2 is 1.76 bits per heavy atom. The second kappa shape index (κ2) is 5.71. The van der Waals surface area contributed by atoms with Crippen LogP contribution in [0, 0.1) is 5.82 Å². The maximum atomic E-state index is 13.1. The van der Waals surface area contributed by atoms with Crippen molar-refractivity contribution in [3.8, 4) is 5.75 Å². The van der Waals surface area contributed by atoms with Gasteiger partial charge in [0.05, 0.1) is 24.1 Å². The van der Waals surface area contributed by atoms with E-state index in [1.54, 1.807) is 24.3 Å². The number of hydroxylamine groups is 1. The van der Waals surface area contributed by atoms with Crippen molar-refractivity contribution < 1.29 is 23.6 Å². The lowest BCUT2D eigenvalue weighted by atomic mass is 10.0. The molecule has 2 aromatic carbocycles. The Kier molecular flexibility index (Phi) is 3.51. The second-order valence-electron chi connectivity index (χ2n) is 5.57. The van der Waals surface area contributed by atoms with Crippen LogP contribution in [-0.2, 0) is 14.4 Å². The highest BCUT2D eigenvalue weighted by atomic mass is 19.1. The summed E-state index contributed by atoms with van der Waals surface area (Å²) >= 11 is 0. The van der Waals surface area contributed by atoms with Crippen molar-refractivity contribution in [3.05, 3.63) is 65.5 Å². The predicted molar refractivity (Wildman–Crippen MR) is 86.8 cm³/mol. The number of carbonyl (C=O) groups is 2. The Morgan fingerprint density at radius 3 is 2.40 bits per heavy atom. The third-order valence-corrected chi connectivity index (χ3v) is 4.15. The average Bonchev–Trinajstić information content (AvgIpc) is 3.17. The van der Waals surface area contributed by atoms with Crippen LogP contribution in [0.15, 0.2) is 54.1 Å². The van der Waals surface area contributed by atoms with Crippen LogP contribution in [0.3, 0.4) is 0 Å². The number of hydrogen-bond acceptors (Lipinski definition) is 5. The van der Waals surface area contributed by atoms with E-state index < -0.39 is 23.7 Å². The van der Waals surface area contributed by atoms with Gasteiger partial charge in [-0.15, -0.1) is 0 Å². The first-order chi connectivity index (χ1) is 12.1. The quantitative estimate of drug-likeness (QED) is 0.866. The number of methoxy groups -OCH3 is 1. The van der Waals surface area contributed by atoms with E-state index in [4.69, 9.17) is 9.57 Å². The van der Waals surface area contributed by atoms with Crippen molar-refractivity contribution in [1.82, 2.24) is 5.48 Å². The molecule has 25 heavy (non-hydrogen) atoms. The molecule has 126 valence electrons. The van der Waals surface area contributed by atoms with Crippen molar-refractivity contribution in [2.45, 2.75) is 6.10 Å². The van der Waals surface area contributed by atoms with Gasteiger partial charge in [0.15, 0.2) is 6.10 Å². The van der Waals surface area contributed by atoms with Gasteiger partial charge in [-0.1, -0.05) is 0 Å². The number of anilines is 1. The Balaban J connectivity index is 1.74. The molecule has 0 spiro atoms. The van der Waals surface area contributed by atoms with Gasteiger partial charge < -0.3 is 4.74 Å². The summed E-state index contributed by atoms with van der Waals surface area (Å²) in [7, 11) is 1.53. The van der Waals surface area contributed by atoms with Crippen molar-refractivity contribution >= 4 is 23.2 Å². The molecule has 6 nitrogen and oxygen atoms in total. The largest absolute Gasteiger partial charge is 0.497 e. The first-order valence-electron chi connectivity index (χ1n) is 7.54. The second-order valence-corrected chi connectivity index (χ2v) is 5.57. The standard InChI is InChI=1S/C18H13FN2O4/c1-24-13-8-6-12(7-9-13)21-17(22)14-15(20-25-16(14)18(21)23)10-2-4-11(19)5-3-10/h2-9,16,20H,1H3/t16-/m0/s1. The lowest BCUT2D eigenvalue weighted by Crippen LogP contribution is -2.34. The van der Waals surface area contributed by atoms with Gasteiger partial charge in [-0.05, 0) is 48.5 Å². The minimum Gasteiger partial charge on any atom is -0.497 e. The van der Waals surface area contributed by atoms with Crippen molar-refractivity contribution in [1.29, 1.82) is 0 Å². The summed E-state index contributed by atoms with van der Waals surface area (Å²) < 4.78 is 18.2. The highest BCUT2D eigenvalue weighted by Gasteiger charge is 2.50. The number of fused-ring (bicyclic) bond motifs is 1. The van der Waals surface area contributed by atoms with Gasteiger partial charge in [0, 0.05) is 5.56 Å². The Bertz CT molecular complexity index is 890. The molecular formula is C18H13FN2O4. The van der Waals surface area contributed by atoms with Crippen molar-refractivity contribution in [2.24, 2.45) is 0 Å². The monoisotopic (exact) mass is 340 g/mol. The van der Waals surface area contributed by atoms with Crippen LogP contribution < -0.4 is 15.1 Å². The highest BCUT2D eigenvalue weighted by Crippen LogP contribution is 2.36. The van der Waals surface area contributed by atoms with E-state index in [2.05, 4.69) is 5.48 Å². The molecule has 7 heteroatoms. The third-order valence-electron chi connectivity index (χ3n) is 4.15. The average molecular weight is 340 g/mol. The first kappa shape index (κ1) is 15.3. The Labute approximate surface area is 142 Å². The van der Waals surface area contributed by atoms with Crippen molar-refractivity contribution in [3.63, 3.8) is 0 Å². The molecule has 0 unspecified atom stereocenters. The normalized spacial score (nSPS) is 19.3. The van der Waals surface area contributed by atoms with Crippen LogP contribution in [0.25, 0.3) is 5.70 Å². The van der Waals surface area contributed by atoms with E-state index in [1.807, 2.05) is 0 Å². The Morgan fingerprint density at radius 1 is 1.08 bits per heavy atom. The highest BCUT2D eigenvalue weighted by molar-refractivity contribution is 6.33. The van der Waals surface area contributed by atoms with Crippen LogP contribution in [0.1, 0.15) is 5.56 Å². The summed E-state index contributed by atoms with van der Waals surface area (Å²) in [5.41, 5.74) is 4.20. The topological polar surface area (TPSA) is 67.9 Å². The number of imide groups is 1. The molecule has 0 bridgehead atoms. The van der Waals surface area contributed by atoms with Crippen LogP contribution in [0.2, 0.25) is 0 Å². The summed E-state index contributed by atoms with van der Waals surface area (Å²) in [6.45, 7) is 0. The lowest BCUT2D eigenvalue weighted by molar-refractivity contribution is -0.127. The lowest BCUT2D eigenvalue weighted by Gasteiger charge is -2.16. The number of ether oxygens (including phenoxy) is 1. The molecule has 1 fully saturated rings. The van der Waals surface area contributed by atoms with Gasteiger partial charge in [0.2, 0.25) is 0 Å². The van der Waals surface area contributed by atoms with E-state index in [0.29, 0.717) is 22.7 Å². The zero-order valence-corrected chi connectivity index (χ0v) is 13.2. The summed E-state index contributed by atoms with van der Waals surface area (Å²) in [6, 6.07) is 12.2. The van der Waals surface area contributed by atoms with E-state index in [0.717, 1.165) is 4.90 Å². The molecule has 2 aliphatic heterocycles. The van der Waals surface area contributed by atoms with E-state index in [9.17, 15) is 14.0 Å². The molecule has 0 aromatic heterocycles. The maximum absolute atomic E-state index is 13.1. The van der Waals surface area contributed by atoms with Crippen LogP contribution in [0.4, 0.5) is 10.1 Å². The zero-order valence-electron chi connectivity index (χ0n) is 13.2. The van der Waals surface area contributed by atoms with Gasteiger partial charge in [-0.2, -0.15) is 0 Å². The molecule has 0 saturated carbocycles. The van der Waals surface area contributed by atoms with Gasteiger partial charge in [-0.25, -0.2) is 9.29 Å². The van der Waals surface area contributed by atoms with E-state index >= 15 is 0 Å².